The maximum atomic E-state index is 12.7. The number of para-hydroxylation sites is 1. The second-order valence-electron chi connectivity index (χ2n) is 6.06. The zero-order valence-electron chi connectivity index (χ0n) is 15.2. The molecule has 0 aliphatic heterocycles. The molecule has 5 heteroatoms. The van der Waals surface area contributed by atoms with Gasteiger partial charge in [-0.3, -0.25) is 9.59 Å². The van der Waals surface area contributed by atoms with Crippen LogP contribution in [0.25, 0.3) is 0 Å². The van der Waals surface area contributed by atoms with E-state index >= 15 is 0 Å². The standard InChI is InChI=1S/C22H20N2O2S/c1-15-7-5-8-16(13-15)21(25)24-20-12-4-3-11-19(20)22(26)23-17-9-6-10-18(14-17)27-2/h3-14H,1-2H3,(H,23,26)(H,24,25). The number of rotatable bonds is 5. The molecule has 136 valence electrons. The SMILES string of the molecule is CSc1cccc(NC(=O)c2ccccc2NC(=O)c2cccc(C)c2)c1. The molecule has 0 radical (unpaired) electrons. The topological polar surface area (TPSA) is 58.2 Å². The van der Waals surface area contributed by atoms with Crippen molar-refractivity contribution >= 4 is 35.0 Å². The molecule has 4 nitrogen and oxygen atoms in total. The summed E-state index contributed by atoms with van der Waals surface area (Å²) in [5.74, 6) is -0.517. The second-order valence-corrected chi connectivity index (χ2v) is 6.93. The molecule has 2 N–H and O–H groups in total. The molecule has 0 spiro atoms. The van der Waals surface area contributed by atoms with Gasteiger partial charge in [0.2, 0.25) is 0 Å². The summed E-state index contributed by atoms with van der Waals surface area (Å²) in [5, 5.41) is 5.73. The Morgan fingerprint density at radius 2 is 1.59 bits per heavy atom. The van der Waals surface area contributed by atoms with Crippen LogP contribution < -0.4 is 10.6 Å². The first kappa shape index (κ1) is 18.7. The summed E-state index contributed by atoms with van der Waals surface area (Å²) in [5.41, 5.74) is 3.16. The van der Waals surface area contributed by atoms with E-state index in [1.54, 1.807) is 42.1 Å². The van der Waals surface area contributed by atoms with Crippen molar-refractivity contribution in [2.75, 3.05) is 16.9 Å². The van der Waals surface area contributed by atoms with Crippen LogP contribution in [-0.2, 0) is 0 Å². The average Bonchev–Trinajstić information content (AvgIpc) is 2.68. The molecule has 3 rings (SSSR count). The maximum absolute atomic E-state index is 12.7. The van der Waals surface area contributed by atoms with Gasteiger partial charge in [0.15, 0.2) is 0 Å². The minimum absolute atomic E-state index is 0.247. The van der Waals surface area contributed by atoms with Crippen LogP contribution in [0.4, 0.5) is 11.4 Å². The highest BCUT2D eigenvalue weighted by Crippen LogP contribution is 2.22. The monoisotopic (exact) mass is 376 g/mol. The van der Waals surface area contributed by atoms with Crippen molar-refractivity contribution in [3.63, 3.8) is 0 Å². The molecule has 0 aromatic heterocycles. The Kier molecular flexibility index (Phi) is 5.94. The van der Waals surface area contributed by atoms with Gasteiger partial charge in [-0.25, -0.2) is 0 Å². The largest absolute Gasteiger partial charge is 0.322 e. The van der Waals surface area contributed by atoms with Crippen LogP contribution in [0.15, 0.2) is 77.7 Å². The van der Waals surface area contributed by atoms with E-state index in [1.165, 1.54) is 0 Å². The third kappa shape index (κ3) is 4.77. The van der Waals surface area contributed by atoms with E-state index in [0.717, 1.165) is 10.5 Å². The number of nitrogens with one attached hydrogen (secondary N) is 2. The molecule has 0 bridgehead atoms. The number of benzene rings is 3. The first-order chi connectivity index (χ1) is 13.1. The van der Waals surface area contributed by atoms with Crippen molar-refractivity contribution < 1.29 is 9.59 Å². The van der Waals surface area contributed by atoms with Crippen molar-refractivity contribution in [2.24, 2.45) is 0 Å². The number of thioether (sulfide) groups is 1. The summed E-state index contributed by atoms with van der Waals surface area (Å²) in [7, 11) is 0. The zero-order chi connectivity index (χ0) is 19.2. The van der Waals surface area contributed by atoms with Crippen LogP contribution in [0.2, 0.25) is 0 Å². The summed E-state index contributed by atoms with van der Waals surface area (Å²) in [6.45, 7) is 1.93. The van der Waals surface area contributed by atoms with E-state index in [-0.39, 0.29) is 11.8 Å². The van der Waals surface area contributed by atoms with Crippen LogP contribution >= 0.6 is 11.8 Å². The number of aryl methyl sites for hydroxylation is 1. The van der Waals surface area contributed by atoms with Crippen LogP contribution in [-0.4, -0.2) is 18.1 Å². The zero-order valence-corrected chi connectivity index (χ0v) is 16.0. The highest BCUT2D eigenvalue weighted by Gasteiger charge is 2.14. The molecule has 0 unspecified atom stereocenters. The van der Waals surface area contributed by atoms with E-state index < -0.39 is 0 Å². The third-order valence-electron chi connectivity index (χ3n) is 4.03. The number of hydrogen-bond acceptors (Lipinski definition) is 3. The fraction of sp³-hybridized carbons (Fsp3) is 0.0909. The predicted molar refractivity (Wildman–Crippen MR) is 112 cm³/mol. The minimum Gasteiger partial charge on any atom is -0.322 e. The van der Waals surface area contributed by atoms with E-state index in [4.69, 9.17) is 0 Å². The van der Waals surface area contributed by atoms with Crippen molar-refractivity contribution in [1.82, 2.24) is 0 Å². The molecule has 0 aliphatic rings. The lowest BCUT2D eigenvalue weighted by atomic mass is 10.1. The molecule has 0 aliphatic carbocycles. The van der Waals surface area contributed by atoms with Crippen LogP contribution in [0, 0.1) is 6.92 Å². The number of carbonyl (C=O) groups is 2. The number of hydrogen-bond donors (Lipinski definition) is 2. The van der Waals surface area contributed by atoms with Gasteiger partial charge in [-0.15, -0.1) is 11.8 Å². The fourth-order valence-electron chi connectivity index (χ4n) is 2.67. The molecule has 0 saturated heterocycles. The maximum Gasteiger partial charge on any atom is 0.257 e. The summed E-state index contributed by atoms with van der Waals surface area (Å²) in [6.07, 6.45) is 1.98. The smallest absolute Gasteiger partial charge is 0.257 e. The second kappa shape index (κ2) is 8.56. The first-order valence-corrected chi connectivity index (χ1v) is 9.72. The Hall–Kier alpha value is -3.05. The highest BCUT2D eigenvalue weighted by molar-refractivity contribution is 7.98. The molecular formula is C22H20N2O2S. The lowest BCUT2D eigenvalue weighted by Gasteiger charge is -2.12. The quantitative estimate of drug-likeness (QED) is 0.600. The van der Waals surface area contributed by atoms with E-state index in [0.29, 0.717) is 22.5 Å². The number of carbonyl (C=O) groups excluding carboxylic acids is 2. The number of amides is 2. The molecule has 0 fully saturated rings. The Bertz CT molecular complexity index is 985. The fourth-order valence-corrected chi connectivity index (χ4v) is 3.13. The molecule has 3 aromatic rings. The average molecular weight is 376 g/mol. The van der Waals surface area contributed by atoms with Crippen molar-refractivity contribution in [1.29, 1.82) is 0 Å². The van der Waals surface area contributed by atoms with Crippen molar-refractivity contribution in [3.05, 3.63) is 89.5 Å². The third-order valence-corrected chi connectivity index (χ3v) is 4.75. The van der Waals surface area contributed by atoms with Gasteiger partial charge in [-0.2, -0.15) is 0 Å². The first-order valence-electron chi connectivity index (χ1n) is 8.49. The Morgan fingerprint density at radius 1 is 0.815 bits per heavy atom. The van der Waals surface area contributed by atoms with Crippen LogP contribution in [0.1, 0.15) is 26.3 Å². The summed E-state index contributed by atoms with van der Waals surface area (Å²) < 4.78 is 0. The molecular weight excluding hydrogens is 356 g/mol. The lowest BCUT2D eigenvalue weighted by molar-refractivity contribution is 0.102. The molecule has 27 heavy (non-hydrogen) atoms. The molecule has 0 heterocycles. The van der Waals surface area contributed by atoms with Crippen molar-refractivity contribution in [2.45, 2.75) is 11.8 Å². The van der Waals surface area contributed by atoms with E-state index in [2.05, 4.69) is 10.6 Å². The lowest BCUT2D eigenvalue weighted by Crippen LogP contribution is -2.18. The molecule has 2 amide bonds. The van der Waals surface area contributed by atoms with Crippen LogP contribution in [0.5, 0.6) is 0 Å². The Balaban J connectivity index is 1.80. The molecule has 3 aromatic carbocycles. The summed E-state index contributed by atoms with van der Waals surface area (Å²) in [4.78, 5) is 26.3. The summed E-state index contributed by atoms with van der Waals surface area (Å²) in [6, 6.07) is 21.9. The van der Waals surface area contributed by atoms with Gasteiger partial charge in [-0.05, 0) is 55.6 Å². The van der Waals surface area contributed by atoms with Gasteiger partial charge in [0.1, 0.15) is 0 Å². The van der Waals surface area contributed by atoms with Gasteiger partial charge in [0.25, 0.3) is 11.8 Å². The minimum atomic E-state index is -0.270. The van der Waals surface area contributed by atoms with Gasteiger partial charge >= 0.3 is 0 Å². The molecule has 0 saturated carbocycles. The van der Waals surface area contributed by atoms with Gasteiger partial charge in [-0.1, -0.05) is 35.9 Å². The number of anilines is 2. The summed E-state index contributed by atoms with van der Waals surface area (Å²) >= 11 is 1.61. The van der Waals surface area contributed by atoms with Gasteiger partial charge < -0.3 is 10.6 Å². The van der Waals surface area contributed by atoms with Crippen molar-refractivity contribution in [3.8, 4) is 0 Å². The Labute approximate surface area is 163 Å². The van der Waals surface area contributed by atoms with Gasteiger partial charge in [0, 0.05) is 16.1 Å². The van der Waals surface area contributed by atoms with E-state index in [9.17, 15) is 9.59 Å². The van der Waals surface area contributed by atoms with E-state index in [1.807, 2.05) is 55.6 Å². The van der Waals surface area contributed by atoms with Crippen LogP contribution in [0.3, 0.4) is 0 Å². The molecule has 0 atom stereocenters. The van der Waals surface area contributed by atoms with Gasteiger partial charge in [0.05, 0.1) is 11.3 Å². The predicted octanol–water partition coefficient (Wildman–Crippen LogP) is 5.22. The normalized spacial score (nSPS) is 10.3. The highest BCUT2D eigenvalue weighted by atomic mass is 32.2. The Morgan fingerprint density at radius 3 is 2.37 bits per heavy atom.